The van der Waals surface area contributed by atoms with Gasteiger partial charge in [-0.1, -0.05) is 35.4 Å². The minimum absolute atomic E-state index is 0.277. The molecule has 0 spiro atoms. The number of nitrogens with zero attached hydrogens (tertiary/aromatic N) is 5. The van der Waals surface area contributed by atoms with E-state index >= 15 is 0 Å². The maximum absolute atomic E-state index is 12.9. The highest BCUT2D eigenvalue weighted by Crippen LogP contribution is 2.26. The lowest BCUT2D eigenvalue weighted by Crippen LogP contribution is -2.39. The van der Waals surface area contributed by atoms with Crippen LogP contribution in [0, 0.1) is 0 Å². The van der Waals surface area contributed by atoms with Gasteiger partial charge in [-0.3, -0.25) is 19.3 Å². The summed E-state index contributed by atoms with van der Waals surface area (Å²) in [6.45, 7) is 1.26. The van der Waals surface area contributed by atoms with Crippen LogP contribution in [0.2, 0.25) is 0 Å². The molecule has 0 aliphatic heterocycles. The first kappa shape index (κ1) is 37.1. The van der Waals surface area contributed by atoms with Gasteiger partial charge in [0.15, 0.2) is 0 Å². The molecule has 4 aromatic rings. The Kier molecular flexibility index (Phi) is 14.7. The molecule has 0 bridgehead atoms. The Hall–Kier alpha value is -6.34. The summed E-state index contributed by atoms with van der Waals surface area (Å²) in [4.78, 5) is 53.4. The van der Waals surface area contributed by atoms with Gasteiger partial charge in [0.2, 0.25) is 5.89 Å². The number of ether oxygens (including phenoxy) is 4. The standard InChI is InChI=1S/C29H28N2O7.C5H7N3O3/c1-20(31(18-27(32)33)29(34)38-25-13-11-24(35-2)12-14-25)22-9-6-10-26(17-22)36-16-15-23-19-37-28(30-23)21-7-4-3-5-8-21;1-11-5(10)2-4(9)3-7-8-6/h3-14,17,19-20H,15-16,18H2,1-2H3,(H,32,33);2-3H2,1H3/t20-;/m0./s1. The summed E-state index contributed by atoms with van der Waals surface area (Å²) >= 11 is 0. The molecule has 15 heteroatoms. The third kappa shape index (κ3) is 12.4. The molecule has 15 nitrogen and oxygen atoms in total. The average molecular weight is 674 g/mol. The topological polar surface area (TPSA) is 203 Å². The van der Waals surface area contributed by atoms with Crippen LogP contribution in [0.1, 0.15) is 30.6 Å². The van der Waals surface area contributed by atoms with Gasteiger partial charge in [-0.2, -0.15) is 0 Å². The second-order valence-corrected chi connectivity index (χ2v) is 10.1. The molecule has 1 heterocycles. The van der Waals surface area contributed by atoms with Crippen LogP contribution in [0.15, 0.2) is 94.7 Å². The van der Waals surface area contributed by atoms with Gasteiger partial charge in [0.1, 0.15) is 42.3 Å². The predicted molar refractivity (Wildman–Crippen MR) is 175 cm³/mol. The number of hydrogen-bond acceptors (Lipinski definition) is 11. The number of Topliss-reactive ketones (excluding diaryl/α,β-unsaturated/α-hetero) is 1. The summed E-state index contributed by atoms with van der Waals surface area (Å²) in [5, 5.41) is 12.4. The zero-order valence-corrected chi connectivity index (χ0v) is 27.1. The van der Waals surface area contributed by atoms with E-state index in [-0.39, 0.29) is 18.7 Å². The lowest BCUT2D eigenvalue weighted by atomic mass is 10.1. The molecule has 0 unspecified atom stereocenters. The van der Waals surface area contributed by atoms with Crippen molar-refractivity contribution in [2.75, 3.05) is 33.9 Å². The number of carboxylic acids is 1. The smallest absolute Gasteiger partial charge is 0.416 e. The highest BCUT2D eigenvalue weighted by molar-refractivity contribution is 5.96. The quantitative estimate of drug-likeness (QED) is 0.0506. The molecule has 0 fully saturated rings. The molecule has 256 valence electrons. The van der Waals surface area contributed by atoms with Gasteiger partial charge in [-0.15, -0.1) is 0 Å². The first-order valence-corrected chi connectivity index (χ1v) is 14.8. The van der Waals surface area contributed by atoms with Gasteiger partial charge in [0.25, 0.3) is 0 Å². The van der Waals surface area contributed by atoms with E-state index in [9.17, 15) is 24.3 Å². The van der Waals surface area contributed by atoms with Crippen LogP contribution in [-0.2, 0) is 25.5 Å². The van der Waals surface area contributed by atoms with Crippen LogP contribution in [-0.4, -0.2) is 72.7 Å². The summed E-state index contributed by atoms with van der Waals surface area (Å²) in [5.41, 5.74) is 10.2. The number of carbonyl (C=O) groups excluding carboxylic acids is 3. The molecule has 1 atom stereocenters. The summed E-state index contributed by atoms with van der Waals surface area (Å²) in [5.74, 6) is -0.205. The Bertz CT molecular complexity index is 1740. The van der Waals surface area contributed by atoms with Crippen molar-refractivity contribution in [1.29, 1.82) is 0 Å². The number of amides is 1. The van der Waals surface area contributed by atoms with E-state index in [1.165, 1.54) is 14.2 Å². The summed E-state index contributed by atoms with van der Waals surface area (Å²) in [6, 6.07) is 22.7. The molecule has 0 saturated heterocycles. The Morgan fingerprint density at radius 1 is 0.980 bits per heavy atom. The fraction of sp³-hybridized carbons (Fsp3) is 0.265. The first-order valence-electron chi connectivity index (χ1n) is 14.8. The Morgan fingerprint density at radius 3 is 2.35 bits per heavy atom. The van der Waals surface area contributed by atoms with Crippen molar-refractivity contribution in [2.45, 2.75) is 25.8 Å². The molecule has 1 aromatic heterocycles. The second kappa shape index (κ2) is 19.4. The average Bonchev–Trinajstić information content (AvgIpc) is 3.59. The number of ketones is 1. The first-order chi connectivity index (χ1) is 23.6. The largest absolute Gasteiger partial charge is 0.497 e. The third-order valence-corrected chi connectivity index (χ3v) is 6.69. The number of oxazole rings is 1. The number of esters is 1. The van der Waals surface area contributed by atoms with Gasteiger partial charge in [0, 0.05) is 16.9 Å². The zero-order valence-electron chi connectivity index (χ0n) is 27.1. The number of benzene rings is 3. The van der Waals surface area contributed by atoms with Gasteiger partial charge in [0.05, 0.1) is 39.1 Å². The van der Waals surface area contributed by atoms with Crippen molar-refractivity contribution in [3.8, 4) is 28.7 Å². The third-order valence-electron chi connectivity index (χ3n) is 6.69. The van der Waals surface area contributed by atoms with Crippen molar-refractivity contribution in [3.05, 3.63) is 107 Å². The molecule has 1 N–H and O–H groups in total. The minimum atomic E-state index is -1.15. The molecule has 0 radical (unpaired) electrons. The number of azide groups is 1. The second-order valence-electron chi connectivity index (χ2n) is 10.1. The Labute approximate surface area is 281 Å². The van der Waals surface area contributed by atoms with Gasteiger partial charge in [-0.05, 0) is 66.5 Å². The summed E-state index contributed by atoms with van der Waals surface area (Å²) < 4.78 is 26.2. The normalized spacial score (nSPS) is 10.7. The van der Waals surface area contributed by atoms with E-state index in [1.807, 2.05) is 30.3 Å². The number of carboxylic acid groups (broad SMARTS) is 1. The van der Waals surface area contributed by atoms with E-state index in [4.69, 9.17) is 24.2 Å². The van der Waals surface area contributed by atoms with Crippen LogP contribution in [0.3, 0.4) is 0 Å². The number of hydrogen-bond donors (Lipinski definition) is 1. The van der Waals surface area contributed by atoms with Crippen LogP contribution in [0.4, 0.5) is 4.79 Å². The van der Waals surface area contributed by atoms with Gasteiger partial charge < -0.3 is 28.5 Å². The highest BCUT2D eigenvalue weighted by atomic mass is 16.6. The van der Waals surface area contributed by atoms with Crippen molar-refractivity contribution < 1.29 is 47.6 Å². The fourth-order valence-corrected chi connectivity index (χ4v) is 4.16. The Morgan fingerprint density at radius 2 is 1.69 bits per heavy atom. The molecule has 4 rings (SSSR count). The fourth-order valence-electron chi connectivity index (χ4n) is 4.16. The predicted octanol–water partition coefficient (Wildman–Crippen LogP) is 6.05. The SMILES string of the molecule is COC(=O)CC(=O)CN=[N+]=[N-].COc1ccc(OC(=O)N(CC(=O)O)[C@@H](C)c2cccc(OCCc3coc(-c4ccccc4)n3)c2)cc1. The lowest BCUT2D eigenvalue weighted by molar-refractivity contribution is -0.143. The van der Waals surface area contributed by atoms with Crippen LogP contribution in [0.5, 0.6) is 17.2 Å². The van der Waals surface area contributed by atoms with E-state index in [0.717, 1.165) is 16.2 Å². The van der Waals surface area contributed by atoms with Crippen LogP contribution >= 0.6 is 0 Å². The summed E-state index contributed by atoms with van der Waals surface area (Å²) in [6.07, 6.45) is 1.03. The number of methoxy groups -OCH3 is 2. The highest BCUT2D eigenvalue weighted by Gasteiger charge is 2.26. The number of aromatic nitrogens is 1. The maximum atomic E-state index is 12.9. The number of carbonyl (C=O) groups is 4. The molecular weight excluding hydrogens is 638 g/mol. The molecule has 3 aromatic carbocycles. The van der Waals surface area contributed by atoms with E-state index < -0.39 is 36.4 Å². The van der Waals surface area contributed by atoms with E-state index in [0.29, 0.717) is 36.0 Å². The van der Waals surface area contributed by atoms with Crippen LogP contribution < -0.4 is 14.2 Å². The monoisotopic (exact) mass is 673 g/mol. The van der Waals surface area contributed by atoms with Gasteiger partial charge in [-0.25, -0.2) is 9.78 Å². The van der Waals surface area contributed by atoms with Crippen molar-refractivity contribution in [3.63, 3.8) is 0 Å². The summed E-state index contributed by atoms with van der Waals surface area (Å²) in [7, 11) is 2.72. The van der Waals surface area contributed by atoms with Crippen LogP contribution in [0.25, 0.3) is 21.9 Å². The molecule has 0 aliphatic rings. The number of aliphatic carboxylic acids is 1. The van der Waals surface area contributed by atoms with E-state index in [1.54, 1.807) is 61.7 Å². The van der Waals surface area contributed by atoms with E-state index in [2.05, 4.69) is 19.7 Å². The molecular formula is C34H35N5O10. The molecule has 1 amide bonds. The van der Waals surface area contributed by atoms with Crippen molar-refractivity contribution in [1.82, 2.24) is 9.88 Å². The number of rotatable bonds is 15. The molecule has 0 saturated carbocycles. The Balaban J connectivity index is 0.000000509. The van der Waals surface area contributed by atoms with Crippen molar-refractivity contribution in [2.24, 2.45) is 5.11 Å². The molecule has 49 heavy (non-hydrogen) atoms. The zero-order chi connectivity index (χ0) is 35.6. The molecule has 0 aliphatic carbocycles. The van der Waals surface area contributed by atoms with Gasteiger partial charge >= 0.3 is 18.0 Å². The maximum Gasteiger partial charge on any atom is 0.416 e. The lowest BCUT2D eigenvalue weighted by Gasteiger charge is -2.27. The minimum Gasteiger partial charge on any atom is -0.497 e. The van der Waals surface area contributed by atoms with Crippen molar-refractivity contribution >= 4 is 23.8 Å².